The van der Waals surface area contributed by atoms with Gasteiger partial charge < -0.3 is 9.67 Å². The van der Waals surface area contributed by atoms with Crippen LogP contribution in [-0.2, 0) is 23.2 Å². The van der Waals surface area contributed by atoms with Gasteiger partial charge in [0.05, 0.1) is 18.0 Å². The fourth-order valence-corrected chi connectivity index (χ4v) is 2.82. The average molecular weight is 349 g/mol. The highest BCUT2D eigenvalue weighted by atomic mass is 32.2. The molecule has 2 N–H and O–H groups in total. The van der Waals surface area contributed by atoms with Crippen molar-refractivity contribution in [3.8, 4) is 0 Å². The van der Waals surface area contributed by atoms with Gasteiger partial charge in [-0.05, 0) is 17.7 Å². The smallest absolute Gasteiger partial charge is 0.387 e. The van der Waals surface area contributed by atoms with E-state index in [1.54, 1.807) is 7.05 Å². The van der Waals surface area contributed by atoms with Gasteiger partial charge in [0.2, 0.25) is 0 Å². The number of nitrogens with one attached hydrogen (secondary N) is 1. The second-order valence-electron chi connectivity index (χ2n) is 4.86. The number of halogens is 3. The van der Waals surface area contributed by atoms with E-state index < -0.39 is 27.9 Å². The van der Waals surface area contributed by atoms with Gasteiger partial charge >= 0.3 is 6.18 Å². The van der Waals surface area contributed by atoms with Crippen LogP contribution in [0.1, 0.15) is 17.2 Å². The molecule has 0 aliphatic carbocycles. The Morgan fingerprint density at radius 2 is 1.91 bits per heavy atom. The van der Waals surface area contributed by atoms with Gasteiger partial charge in [-0.25, -0.2) is 18.1 Å². The van der Waals surface area contributed by atoms with E-state index in [-0.39, 0.29) is 17.1 Å². The zero-order valence-corrected chi connectivity index (χ0v) is 12.8. The molecule has 2 aromatic rings. The molecule has 10 heteroatoms. The quantitative estimate of drug-likeness (QED) is 0.856. The minimum Gasteiger partial charge on any atom is -0.387 e. The molecule has 0 spiro atoms. The number of rotatable bonds is 5. The molecule has 1 heterocycles. The number of hydrogen-bond donors (Lipinski definition) is 2. The standard InChI is InChI=1S/C13H14F3N3O3S/c1-19-7-12(17-8-19)23(21,22)18-6-11(20)9-2-4-10(5-3-9)13(14,15)16/h2-5,7-8,11,18,20H,6H2,1H3. The normalized spacial score (nSPS) is 14.0. The van der Waals surface area contributed by atoms with Crippen molar-refractivity contribution in [3.05, 3.63) is 47.9 Å². The lowest BCUT2D eigenvalue weighted by molar-refractivity contribution is -0.137. The predicted octanol–water partition coefficient (Wildman–Crippen LogP) is 1.45. The number of hydrogen-bond acceptors (Lipinski definition) is 4. The van der Waals surface area contributed by atoms with E-state index in [2.05, 4.69) is 9.71 Å². The zero-order valence-electron chi connectivity index (χ0n) is 11.9. The molecule has 0 amide bonds. The second kappa shape index (κ2) is 6.30. The molecule has 0 aliphatic heterocycles. The molecule has 1 unspecified atom stereocenters. The van der Waals surface area contributed by atoms with Crippen LogP contribution in [0.2, 0.25) is 0 Å². The maximum Gasteiger partial charge on any atom is 0.416 e. The maximum atomic E-state index is 12.5. The summed E-state index contributed by atoms with van der Waals surface area (Å²) in [6.07, 6.45) is -3.16. The van der Waals surface area contributed by atoms with Crippen LogP contribution < -0.4 is 4.72 Å². The number of alkyl halides is 3. The summed E-state index contributed by atoms with van der Waals surface area (Å²) in [5.74, 6) is 0. The van der Waals surface area contributed by atoms with Crippen molar-refractivity contribution in [2.24, 2.45) is 7.05 Å². The summed E-state index contributed by atoms with van der Waals surface area (Å²) in [5.41, 5.74) is -0.677. The van der Waals surface area contributed by atoms with Gasteiger partial charge in [-0.15, -0.1) is 0 Å². The summed E-state index contributed by atoms with van der Waals surface area (Å²) in [5, 5.41) is 9.69. The van der Waals surface area contributed by atoms with Crippen LogP contribution in [0, 0.1) is 0 Å². The van der Waals surface area contributed by atoms with E-state index in [0.717, 1.165) is 24.3 Å². The van der Waals surface area contributed by atoms with Gasteiger partial charge in [0.25, 0.3) is 10.0 Å². The van der Waals surface area contributed by atoms with Gasteiger partial charge in [-0.3, -0.25) is 0 Å². The lowest BCUT2D eigenvalue weighted by atomic mass is 10.1. The molecule has 0 saturated carbocycles. The SMILES string of the molecule is Cn1cnc(S(=O)(=O)NCC(O)c2ccc(C(F)(F)F)cc2)c1. The molecule has 0 radical (unpaired) electrons. The lowest BCUT2D eigenvalue weighted by Crippen LogP contribution is -2.28. The molecule has 1 atom stereocenters. The third-order valence-electron chi connectivity index (χ3n) is 3.05. The number of sulfonamides is 1. The largest absolute Gasteiger partial charge is 0.416 e. The third kappa shape index (κ3) is 4.30. The van der Waals surface area contributed by atoms with Gasteiger partial charge in [-0.2, -0.15) is 13.2 Å². The van der Waals surface area contributed by atoms with Crippen LogP contribution in [0.15, 0.2) is 41.8 Å². The Morgan fingerprint density at radius 1 is 1.30 bits per heavy atom. The first-order chi connectivity index (χ1) is 10.6. The summed E-state index contributed by atoms with van der Waals surface area (Å²) in [4.78, 5) is 3.68. The Balaban J connectivity index is 2.03. The molecule has 0 fully saturated rings. The summed E-state index contributed by atoms with van der Waals surface area (Å²) in [6.45, 7) is -0.385. The van der Waals surface area contributed by atoms with Crippen molar-refractivity contribution >= 4 is 10.0 Å². The number of nitrogens with zero attached hydrogens (tertiary/aromatic N) is 2. The first-order valence-electron chi connectivity index (χ1n) is 6.42. The van der Waals surface area contributed by atoms with E-state index in [9.17, 15) is 26.7 Å². The van der Waals surface area contributed by atoms with E-state index in [1.807, 2.05) is 0 Å². The molecular weight excluding hydrogens is 335 g/mol. The van der Waals surface area contributed by atoms with Crippen molar-refractivity contribution in [1.29, 1.82) is 0 Å². The molecular formula is C13H14F3N3O3S. The van der Waals surface area contributed by atoms with Gasteiger partial charge in [0.1, 0.15) is 0 Å². The number of aliphatic hydroxyl groups is 1. The van der Waals surface area contributed by atoms with Crippen LogP contribution in [-0.4, -0.2) is 29.6 Å². The lowest BCUT2D eigenvalue weighted by Gasteiger charge is -2.13. The number of aromatic nitrogens is 2. The minimum atomic E-state index is -4.47. The van der Waals surface area contributed by atoms with Crippen molar-refractivity contribution in [2.45, 2.75) is 17.3 Å². The van der Waals surface area contributed by atoms with E-state index in [4.69, 9.17) is 0 Å². The fourth-order valence-electron chi connectivity index (χ4n) is 1.80. The molecule has 2 rings (SSSR count). The minimum absolute atomic E-state index is 0.168. The molecule has 126 valence electrons. The Morgan fingerprint density at radius 3 is 2.39 bits per heavy atom. The average Bonchev–Trinajstić information content (AvgIpc) is 2.91. The van der Waals surface area contributed by atoms with Crippen molar-refractivity contribution in [2.75, 3.05) is 6.54 Å². The fraction of sp³-hybridized carbons (Fsp3) is 0.308. The van der Waals surface area contributed by atoms with Crippen LogP contribution >= 0.6 is 0 Å². The number of imidazole rings is 1. The third-order valence-corrected chi connectivity index (χ3v) is 4.35. The van der Waals surface area contributed by atoms with E-state index >= 15 is 0 Å². The molecule has 0 bridgehead atoms. The second-order valence-corrected chi connectivity index (χ2v) is 6.58. The summed E-state index contributed by atoms with van der Waals surface area (Å²) >= 11 is 0. The Labute approximate surface area is 130 Å². The molecule has 1 aromatic carbocycles. The van der Waals surface area contributed by atoms with E-state index in [0.29, 0.717) is 0 Å². The summed E-state index contributed by atoms with van der Waals surface area (Å²) < 4.78 is 64.8. The predicted molar refractivity (Wildman–Crippen MR) is 74.8 cm³/mol. The highest BCUT2D eigenvalue weighted by Gasteiger charge is 2.30. The molecule has 1 aromatic heterocycles. The number of aliphatic hydroxyl groups excluding tert-OH is 1. The van der Waals surface area contributed by atoms with Gasteiger partial charge in [-0.1, -0.05) is 12.1 Å². The first-order valence-corrected chi connectivity index (χ1v) is 7.91. The van der Waals surface area contributed by atoms with Crippen LogP contribution in [0.25, 0.3) is 0 Å². The van der Waals surface area contributed by atoms with E-state index in [1.165, 1.54) is 17.1 Å². The Hall–Kier alpha value is -1.91. The van der Waals surface area contributed by atoms with Gasteiger partial charge in [0, 0.05) is 19.8 Å². The molecule has 0 saturated heterocycles. The topological polar surface area (TPSA) is 84.2 Å². The number of aryl methyl sites for hydroxylation is 1. The van der Waals surface area contributed by atoms with Crippen molar-refractivity contribution < 1.29 is 26.7 Å². The summed E-state index contributed by atoms with van der Waals surface area (Å²) in [6, 6.07) is 3.85. The number of benzene rings is 1. The van der Waals surface area contributed by atoms with Crippen LogP contribution in [0.3, 0.4) is 0 Å². The van der Waals surface area contributed by atoms with Crippen LogP contribution in [0.5, 0.6) is 0 Å². The highest BCUT2D eigenvalue weighted by molar-refractivity contribution is 7.89. The van der Waals surface area contributed by atoms with Crippen LogP contribution in [0.4, 0.5) is 13.2 Å². The van der Waals surface area contributed by atoms with Gasteiger partial charge in [0.15, 0.2) is 5.03 Å². The Bertz CT molecular complexity index is 770. The van der Waals surface area contributed by atoms with Crippen molar-refractivity contribution in [3.63, 3.8) is 0 Å². The molecule has 23 heavy (non-hydrogen) atoms. The summed E-state index contributed by atoms with van der Waals surface area (Å²) in [7, 11) is -2.30. The first kappa shape index (κ1) is 17.4. The molecule has 6 nitrogen and oxygen atoms in total. The zero-order chi connectivity index (χ0) is 17.3. The highest BCUT2D eigenvalue weighted by Crippen LogP contribution is 2.29. The molecule has 0 aliphatic rings. The Kier molecular flexibility index (Phi) is 4.78. The monoisotopic (exact) mass is 349 g/mol. The maximum absolute atomic E-state index is 12.5. The van der Waals surface area contributed by atoms with Crippen molar-refractivity contribution in [1.82, 2.24) is 14.3 Å².